The highest BCUT2D eigenvalue weighted by Gasteiger charge is 1.85. The first kappa shape index (κ1) is 8.18. The first-order valence-electron chi connectivity index (χ1n) is 3.32. The molecule has 5 heteroatoms. The van der Waals surface area contributed by atoms with Gasteiger partial charge in [0.15, 0.2) is 0 Å². The van der Waals surface area contributed by atoms with Crippen LogP contribution >= 0.6 is 0 Å². The maximum absolute atomic E-state index is 7.93. The molecule has 0 bridgehead atoms. The van der Waals surface area contributed by atoms with Crippen LogP contribution in [0.1, 0.15) is 12.0 Å². The van der Waals surface area contributed by atoms with Crippen molar-refractivity contribution >= 4 is 0 Å². The molecule has 12 heavy (non-hydrogen) atoms. The normalized spacial score (nSPS) is 8.00. The van der Waals surface area contributed by atoms with Crippen LogP contribution in [0.3, 0.4) is 0 Å². The molecular formula is C7H6N4O. The van der Waals surface area contributed by atoms with Crippen LogP contribution in [0, 0.1) is 11.8 Å². The van der Waals surface area contributed by atoms with E-state index >= 15 is 0 Å². The molecule has 1 aromatic heterocycles. The summed E-state index contributed by atoms with van der Waals surface area (Å²) in [6, 6.07) is 0. The second-order valence-corrected chi connectivity index (χ2v) is 1.92. The predicted octanol–water partition coefficient (Wildman–Crippen LogP) is 1.73. The molecule has 1 aromatic rings. The van der Waals surface area contributed by atoms with Gasteiger partial charge in [0.05, 0.1) is 11.8 Å². The van der Waals surface area contributed by atoms with Gasteiger partial charge in [-0.05, 0) is 5.53 Å². The monoisotopic (exact) mass is 162 g/mol. The van der Waals surface area contributed by atoms with E-state index < -0.39 is 0 Å². The maximum Gasteiger partial charge on any atom is 0.139 e. The number of rotatable bonds is 2. The molecule has 60 valence electrons. The highest BCUT2D eigenvalue weighted by atomic mass is 16.5. The number of azide groups is 1. The Labute approximate surface area is 69.0 Å². The second kappa shape index (κ2) is 4.83. The first-order valence-corrected chi connectivity index (χ1v) is 3.32. The average Bonchev–Trinajstić information content (AvgIpc) is 2.57. The average molecular weight is 162 g/mol. The van der Waals surface area contributed by atoms with E-state index in [1.807, 2.05) is 0 Å². The quantitative estimate of drug-likeness (QED) is 0.218. The molecule has 0 fully saturated rings. The zero-order valence-electron chi connectivity index (χ0n) is 6.27. The van der Waals surface area contributed by atoms with Crippen LogP contribution < -0.4 is 0 Å². The summed E-state index contributed by atoms with van der Waals surface area (Å²) in [7, 11) is 0. The Hall–Kier alpha value is -1.92. The van der Waals surface area contributed by atoms with E-state index in [1.165, 1.54) is 12.5 Å². The van der Waals surface area contributed by atoms with Gasteiger partial charge in [-0.25, -0.2) is 0 Å². The Balaban J connectivity index is 2.35. The number of hydrogen-bond acceptors (Lipinski definition) is 3. The van der Waals surface area contributed by atoms with Crippen molar-refractivity contribution in [1.82, 2.24) is 5.16 Å². The third kappa shape index (κ3) is 2.78. The molecule has 0 aliphatic heterocycles. The molecule has 0 spiro atoms. The summed E-state index contributed by atoms with van der Waals surface area (Å²) in [5.74, 6) is 5.60. The SMILES string of the molecule is [N-]=[N+]=NCCC#Cc1cnoc1. The zero-order chi connectivity index (χ0) is 8.65. The molecule has 0 saturated carbocycles. The smallest absolute Gasteiger partial charge is 0.139 e. The van der Waals surface area contributed by atoms with Crippen LogP contribution in [-0.4, -0.2) is 11.7 Å². The molecular weight excluding hydrogens is 156 g/mol. The Morgan fingerprint density at radius 3 is 3.33 bits per heavy atom. The topological polar surface area (TPSA) is 74.8 Å². The zero-order valence-corrected chi connectivity index (χ0v) is 6.27. The minimum absolute atomic E-state index is 0.398. The molecule has 0 aromatic carbocycles. The van der Waals surface area contributed by atoms with Gasteiger partial charge in [-0.3, -0.25) is 0 Å². The van der Waals surface area contributed by atoms with Crippen molar-refractivity contribution in [3.05, 3.63) is 28.5 Å². The summed E-state index contributed by atoms with van der Waals surface area (Å²) in [4.78, 5) is 2.60. The first-order chi connectivity index (χ1) is 5.93. The molecule has 0 unspecified atom stereocenters. The van der Waals surface area contributed by atoms with Crippen molar-refractivity contribution in [2.45, 2.75) is 6.42 Å². The third-order valence-corrected chi connectivity index (χ3v) is 1.07. The fourth-order valence-corrected chi connectivity index (χ4v) is 0.582. The molecule has 0 aliphatic carbocycles. The Kier molecular flexibility index (Phi) is 3.29. The molecule has 0 atom stereocenters. The molecule has 1 heterocycles. The Bertz CT molecular complexity index is 326. The van der Waals surface area contributed by atoms with Crippen LogP contribution in [0.5, 0.6) is 0 Å². The molecule has 0 radical (unpaired) electrons. The predicted molar refractivity (Wildman–Crippen MR) is 42.0 cm³/mol. The van der Waals surface area contributed by atoms with Crippen molar-refractivity contribution in [3.8, 4) is 11.8 Å². The number of aromatic nitrogens is 1. The van der Waals surface area contributed by atoms with E-state index in [-0.39, 0.29) is 0 Å². The van der Waals surface area contributed by atoms with E-state index in [4.69, 9.17) is 5.53 Å². The van der Waals surface area contributed by atoms with Gasteiger partial charge in [-0.15, -0.1) is 0 Å². The van der Waals surface area contributed by atoms with Crippen LogP contribution in [0.2, 0.25) is 0 Å². The lowest BCUT2D eigenvalue weighted by molar-refractivity contribution is 0.419. The van der Waals surface area contributed by atoms with Crippen molar-refractivity contribution < 1.29 is 4.52 Å². The Morgan fingerprint density at radius 2 is 2.67 bits per heavy atom. The highest BCUT2D eigenvalue weighted by Crippen LogP contribution is 1.92. The molecule has 0 aliphatic rings. The van der Waals surface area contributed by atoms with Gasteiger partial charge < -0.3 is 4.52 Å². The van der Waals surface area contributed by atoms with Crippen molar-refractivity contribution in [2.24, 2.45) is 5.11 Å². The van der Waals surface area contributed by atoms with E-state index in [2.05, 4.69) is 31.5 Å². The van der Waals surface area contributed by atoms with Gasteiger partial charge in [0.1, 0.15) is 6.26 Å². The minimum atomic E-state index is 0.398. The van der Waals surface area contributed by atoms with Gasteiger partial charge in [-0.1, -0.05) is 22.1 Å². The number of hydrogen-bond donors (Lipinski definition) is 0. The van der Waals surface area contributed by atoms with E-state index in [0.717, 1.165) is 5.56 Å². The lowest BCUT2D eigenvalue weighted by atomic mass is 10.3. The van der Waals surface area contributed by atoms with Gasteiger partial charge in [-0.2, -0.15) is 0 Å². The summed E-state index contributed by atoms with van der Waals surface area (Å²) >= 11 is 0. The summed E-state index contributed by atoms with van der Waals surface area (Å²) in [6.07, 6.45) is 3.54. The molecule has 0 saturated heterocycles. The lowest BCUT2D eigenvalue weighted by Crippen LogP contribution is -1.73. The standard InChI is InChI=1S/C7H6N4O/c8-11-9-4-2-1-3-7-5-10-12-6-7/h5-6H,2,4H2. The minimum Gasteiger partial charge on any atom is -0.363 e. The van der Waals surface area contributed by atoms with Crippen LogP contribution in [0.15, 0.2) is 22.1 Å². The van der Waals surface area contributed by atoms with Crippen molar-refractivity contribution in [2.75, 3.05) is 6.54 Å². The van der Waals surface area contributed by atoms with Crippen LogP contribution in [0.4, 0.5) is 0 Å². The van der Waals surface area contributed by atoms with E-state index in [0.29, 0.717) is 13.0 Å². The molecule has 1 rings (SSSR count). The van der Waals surface area contributed by atoms with Crippen molar-refractivity contribution in [3.63, 3.8) is 0 Å². The van der Waals surface area contributed by atoms with Gasteiger partial charge in [0.25, 0.3) is 0 Å². The summed E-state index contributed by atoms with van der Waals surface area (Å²) < 4.78 is 4.56. The van der Waals surface area contributed by atoms with Crippen LogP contribution in [-0.2, 0) is 0 Å². The second-order valence-electron chi connectivity index (χ2n) is 1.92. The molecule has 0 amide bonds. The summed E-state index contributed by atoms with van der Waals surface area (Å²) in [5, 5.41) is 6.81. The summed E-state index contributed by atoms with van der Waals surface area (Å²) in [5.41, 5.74) is 8.67. The van der Waals surface area contributed by atoms with E-state index in [1.54, 1.807) is 0 Å². The molecule has 5 nitrogen and oxygen atoms in total. The third-order valence-electron chi connectivity index (χ3n) is 1.07. The number of nitrogens with zero attached hydrogens (tertiary/aromatic N) is 4. The molecule has 0 N–H and O–H groups in total. The fraction of sp³-hybridized carbons (Fsp3) is 0.286. The maximum atomic E-state index is 7.93. The fourth-order valence-electron chi connectivity index (χ4n) is 0.582. The highest BCUT2D eigenvalue weighted by molar-refractivity contribution is 5.28. The Morgan fingerprint density at radius 1 is 1.75 bits per heavy atom. The summed E-state index contributed by atoms with van der Waals surface area (Å²) in [6.45, 7) is 0.398. The largest absolute Gasteiger partial charge is 0.363 e. The van der Waals surface area contributed by atoms with Gasteiger partial charge >= 0.3 is 0 Å². The lowest BCUT2D eigenvalue weighted by Gasteiger charge is -1.76. The van der Waals surface area contributed by atoms with E-state index in [9.17, 15) is 0 Å². The van der Waals surface area contributed by atoms with Crippen molar-refractivity contribution in [1.29, 1.82) is 0 Å². The van der Waals surface area contributed by atoms with Gasteiger partial charge in [0.2, 0.25) is 0 Å². The van der Waals surface area contributed by atoms with Gasteiger partial charge in [0, 0.05) is 17.9 Å². The van der Waals surface area contributed by atoms with Crippen LogP contribution in [0.25, 0.3) is 10.4 Å².